The van der Waals surface area contributed by atoms with Crippen LogP contribution >= 0.6 is 0 Å². The predicted octanol–water partition coefficient (Wildman–Crippen LogP) is 2.93. The molecule has 0 saturated heterocycles. The Morgan fingerprint density at radius 2 is 1.81 bits per heavy atom. The second-order valence-electron chi connectivity index (χ2n) is 5.50. The van der Waals surface area contributed by atoms with Crippen molar-refractivity contribution < 1.29 is 32.6 Å². The molecule has 0 unspecified atom stereocenters. The summed E-state index contributed by atoms with van der Waals surface area (Å²) in [4.78, 5) is 24.1. The first-order valence-electron chi connectivity index (χ1n) is 7.54. The van der Waals surface area contributed by atoms with E-state index >= 15 is 0 Å². The Kier molecular flexibility index (Phi) is 5.86. The summed E-state index contributed by atoms with van der Waals surface area (Å²) < 4.78 is 43.1. The van der Waals surface area contributed by atoms with Crippen molar-refractivity contribution in [3.63, 3.8) is 0 Å². The highest BCUT2D eigenvalue weighted by Crippen LogP contribution is 2.29. The average molecular weight is 367 g/mol. The number of amides is 1. The molecule has 0 aromatic heterocycles. The molecule has 2 rings (SSSR count). The van der Waals surface area contributed by atoms with E-state index in [2.05, 4.69) is 10.1 Å². The number of methoxy groups -OCH3 is 1. The lowest BCUT2D eigenvalue weighted by Gasteiger charge is -2.17. The number of carbonyl (C=O) groups excluding carboxylic acids is 2. The molecule has 5 nitrogen and oxygen atoms in total. The second-order valence-corrected chi connectivity index (χ2v) is 5.50. The van der Waals surface area contributed by atoms with Crippen LogP contribution in [0.4, 0.5) is 13.2 Å². The van der Waals surface area contributed by atoms with Crippen LogP contribution in [0.3, 0.4) is 0 Å². The van der Waals surface area contributed by atoms with Crippen molar-refractivity contribution >= 4 is 11.9 Å². The number of alkyl halides is 3. The number of nitrogens with one attached hydrogen (secondary N) is 1. The van der Waals surface area contributed by atoms with Crippen LogP contribution in [0.5, 0.6) is 5.75 Å². The monoisotopic (exact) mass is 367 g/mol. The smallest absolute Gasteiger partial charge is 0.416 e. The van der Waals surface area contributed by atoms with Crippen molar-refractivity contribution in [3.8, 4) is 5.75 Å². The van der Waals surface area contributed by atoms with E-state index in [4.69, 9.17) is 0 Å². The quantitative estimate of drug-likeness (QED) is 0.797. The fraction of sp³-hybridized carbons (Fsp3) is 0.222. The zero-order valence-corrected chi connectivity index (χ0v) is 13.7. The molecule has 1 atom stereocenters. The molecule has 0 fully saturated rings. The standard InChI is InChI=1S/C18H16F3NO4/c1-26-17(25)15(22-16(24)12-5-7-14(23)8-6-12)10-11-3-2-4-13(9-11)18(19,20)21/h2-9,15,23H,10H2,1H3,(H,22,24)/t15-/m1/s1. The number of halogens is 3. The van der Waals surface area contributed by atoms with E-state index in [0.29, 0.717) is 0 Å². The third-order valence-corrected chi connectivity index (χ3v) is 3.61. The van der Waals surface area contributed by atoms with Gasteiger partial charge >= 0.3 is 12.1 Å². The maximum atomic E-state index is 12.8. The number of aromatic hydroxyl groups is 1. The number of esters is 1. The number of benzene rings is 2. The highest BCUT2D eigenvalue weighted by molar-refractivity contribution is 5.96. The van der Waals surface area contributed by atoms with Gasteiger partial charge in [-0.3, -0.25) is 4.79 Å². The van der Waals surface area contributed by atoms with E-state index in [-0.39, 0.29) is 23.3 Å². The van der Waals surface area contributed by atoms with Crippen molar-refractivity contribution in [2.24, 2.45) is 0 Å². The first-order valence-corrected chi connectivity index (χ1v) is 7.54. The van der Waals surface area contributed by atoms with Gasteiger partial charge in [-0.2, -0.15) is 13.2 Å². The Bertz CT molecular complexity index is 788. The first kappa shape index (κ1) is 19.3. The molecule has 0 aliphatic carbocycles. The molecule has 2 N–H and O–H groups in total. The lowest BCUT2D eigenvalue weighted by Crippen LogP contribution is -2.43. The van der Waals surface area contributed by atoms with E-state index < -0.39 is 29.7 Å². The summed E-state index contributed by atoms with van der Waals surface area (Å²) in [6, 6.07) is 8.64. The number of carbonyl (C=O) groups is 2. The van der Waals surface area contributed by atoms with Crippen molar-refractivity contribution in [2.45, 2.75) is 18.6 Å². The molecule has 2 aromatic rings. The maximum Gasteiger partial charge on any atom is 0.416 e. The molecule has 0 spiro atoms. The largest absolute Gasteiger partial charge is 0.508 e. The molecule has 0 saturated carbocycles. The van der Waals surface area contributed by atoms with Gasteiger partial charge in [0.25, 0.3) is 5.91 Å². The SMILES string of the molecule is COC(=O)[C@@H](Cc1cccc(C(F)(F)F)c1)NC(=O)c1ccc(O)cc1. The van der Waals surface area contributed by atoms with Gasteiger partial charge in [0.1, 0.15) is 11.8 Å². The van der Waals surface area contributed by atoms with Crippen molar-refractivity contribution in [3.05, 3.63) is 65.2 Å². The van der Waals surface area contributed by atoms with E-state index in [1.165, 1.54) is 36.4 Å². The molecule has 26 heavy (non-hydrogen) atoms. The lowest BCUT2D eigenvalue weighted by atomic mass is 10.0. The molecule has 0 aliphatic rings. The number of hydrogen-bond donors (Lipinski definition) is 2. The highest BCUT2D eigenvalue weighted by atomic mass is 19.4. The molecule has 0 radical (unpaired) electrons. The fourth-order valence-electron chi connectivity index (χ4n) is 2.30. The third kappa shape index (κ3) is 4.98. The van der Waals surface area contributed by atoms with Crippen LogP contribution in [0.2, 0.25) is 0 Å². The van der Waals surface area contributed by atoms with Crippen LogP contribution < -0.4 is 5.32 Å². The zero-order chi connectivity index (χ0) is 19.3. The lowest BCUT2D eigenvalue weighted by molar-refractivity contribution is -0.142. The van der Waals surface area contributed by atoms with Gasteiger partial charge in [0.2, 0.25) is 0 Å². The summed E-state index contributed by atoms with van der Waals surface area (Å²) in [5.41, 5.74) is -0.439. The Morgan fingerprint density at radius 3 is 2.38 bits per heavy atom. The van der Waals surface area contributed by atoms with E-state index in [0.717, 1.165) is 19.2 Å². The van der Waals surface area contributed by atoms with Gasteiger partial charge in [-0.25, -0.2) is 4.79 Å². The molecule has 1 amide bonds. The van der Waals surface area contributed by atoms with Crippen LogP contribution in [-0.2, 0) is 22.1 Å². The van der Waals surface area contributed by atoms with Crippen LogP contribution in [0.1, 0.15) is 21.5 Å². The Labute approximate surface area is 147 Å². The van der Waals surface area contributed by atoms with Crippen molar-refractivity contribution in [1.82, 2.24) is 5.32 Å². The van der Waals surface area contributed by atoms with Crippen LogP contribution in [0.15, 0.2) is 48.5 Å². The highest BCUT2D eigenvalue weighted by Gasteiger charge is 2.31. The summed E-state index contributed by atoms with van der Waals surface area (Å²) in [5, 5.41) is 11.7. The predicted molar refractivity (Wildman–Crippen MR) is 86.5 cm³/mol. The molecular weight excluding hydrogens is 351 g/mol. The van der Waals surface area contributed by atoms with E-state index in [1.54, 1.807) is 0 Å². The molecule has 0 bridgehead atoms. The summed E-state index contributed by atoms with van der Waals surface area (Å²) in [5.74, 6) is -1.43. The van der Waals surface area contributed by atoms with Gasteiger partial charge in [0.15, 0.2) is 0 Å². The summed E-state index contributed by atoms with van der Waals surface area (Å²) >= 11 is 0. The maximum absolute atomic E-state index is 12.8. The van der Waals surface area contributed by atoms with Gasteiger partial charge in [0, 0.05) is 12.0 Å². The Balaban J connectivity index is 2.19. The molecule has 2 aromatic carbocycles. The number of phenols is 1. The third-order valence-electron chi connectivity index (χ3n) is 3.61. The average Bonchev–Trinajstić information content (AvgIpc) is 2.60. The summed E-state index contributed by atoms with van der Waals surface area (Å²) in [6.07, 6.45) is -4.67. The summed E-state index contributed by atoms with van der Waals surface area (Å²) in [6.45, 7) is 0. The number of hydrogen-bond acceptors (Lipinski definition) is 4. The molecule has 0 aliphatic heterocycles. The molecule has 0 heterocycles. The van der Waals surface area contributed by atoms with Crippen molar-refractivity contribution in [2.75, 3.05) is 7.11 Å². The second kappa shape index (κ2) is 7.90. The van der Waals surface area contributed by atoms with Gasteiger partial charge in [0.05, 0.1) is 12.7 Å². The zero-order valence-electron chi connectivity index (χ0n) is 13.7. The van der Waals surface area contributed by atoms with Crippen LogP contribution in [0, 0.1) is 0 Å². The fourth-order valence-corrected chi connectivity index (χ4v) is 2.30. The number of ether oxygens (including phenoxy) is 1. The van der Waals surface area contributed by atoms with Gasteiger partial charge in [-0.15, -0.1) is 0 Å². The minimum Gasteiger partial charge on any atom is -0.508 e. The minimum atomic E-state index is -4.51. The first-order chi connectivity index (χ1) is 12.2. The van der Waals surface area contributed by atoms with E-state index in [1.807, 2.05) is 0 Å². The number of rotatable bonds is 5. The van der Waals surface area contributed by atoms with Crippen LogP contribution in [-0.4, -0.2) is 30.1 Å². The van der Waals surface area contributed by atoms with Gasteiger partial charge in [-0.05, 0) is 35.9 Å². The Morgan fingerprint density at radius 1 is 1.15 bits per heavy atom. The van der Waals surface area contributed by atoms with E-state index in [9.17, 15) is 27.9 Å². The number of phenolic OH excluding ortho intramolecular Hbond substituents is 1. The Hall–Kier alpha value is -3.03. The van der Waals surface area contributed by atoms with Crippen molar-refractivity contribution in [1.29, 1.82) is 0 Å². The van der Waals surface area contributed by atoms with Crippen LogP contribution in [0.25, 0.3) is 0 Å². The van der Waals surface area contributed by atoms with Gasteiger partial charge in [-0.1, -0.05) is 18.2 Å². The normalized spacial score (nSPS) is 12.3. The molecular formula is C18H16F3NO4. The topological polar surface area (TPSA) is 75.6 Å². The minimum absolute atomic E-state index is 0.0324. The van der Waals surface area contributed by atoms with Gasteiger partial charge < -0.3 is 15.2 Å². The summed E-state index contributed by atoms with van der Waals surface area (Å²) in [7, 11) is 1.12. The molecule has 138 valence electrons. The molecule has 8 heteroatoms.